The standard InChI is InChI=1S/C76H136O6/c1-4-7-10-13-16-19-22-25-28-31-33-35-37-38-40-41-43-45-48-51-54-57-60-63-66-69-75(78)81-72-73(71-80-74(77)68-65-62-59-56-53-50-47-30-27-24-21-18-15-12-9-6-3)82-76(79)70-67-64-61-58-55-52-49-46-44-42-39-36-34-32-29-26-23-20-17-14-11-8-5-2/h8,11,17,20,22,25-26,29,31,33-34,36,73H,4-7,9-10,12-16,18-19,21,23-24,27-28,30,32,35,37-72H2,1-3H3/b11-8-,20-17-,25-22-,29-26-,33-31-,36-34-. The van der Waals surface area contributed by atoms with Crippen LogP contribution in [0.1, 0.15) is 374 Å². The van der Waals surface area contributed by atoms with Crippen molar-refractivity contribution in [2.24, 2.45) is 0 Å². The van der Waals surface area contributed by atoms with Gasteiger partial charge in [0.15, 0.2) is 6.10 Å². The molecule has 0 radical (unpaired) electrons. The lowest BCUT2D eigenvalue weighted by Crippen LogP contribution is -2.30. The number of unbranched alkanes of at least 4 members (excludes halogenated alkanes) is 43. The van der Waals surface area contributed by atoms with Crippen LogP contribution in [-0.4, -0.2) is 37.2 Å². The minimum atomic E-state index is -0.778. The van der Waals surface area contributed by atoms with Gasteiger partial charge in [-0.3, -0.25) is 14.4 Å². The summed E-state index contributed by atoms with van der Waals surface area (Å²) in [6, 6.07) is 0. The molecule has 0 saturated heterocycles. The number of carbonyl (C=O) groups is 3. The molecule has 0 amide bonds. The van der Waals surface area contributed by atoms with E-state index in [1.807, 2.05) is 0 Å². The van der Waals surface area contributed by atoms with Crippen molar-refractivity contribution in [3.63, 3.8) is 0 Å². The lowest BCUT2D eigenvalue weighted by atomic mass is 10.0. The molecule has 0 N–H and O–H groups in total. The minimum Gasteiger partial charge on any atom is -0.462 e. The van der Waals surface area contributed by atoms with Crippen molar-refractivity contribution in [3.05, 3.63) is 72.9 Å². The first-order chi connectivity index (χ1) is 40.5. The van der Waals surface area contributed by atoms with E-state index in [4.69, 9.17) is 14.2 Å². The van der Waals surface area contributed by atoms with Crippen LogP contribution >= 0.6 is 0 Å². The maximum absolute atomic E-state index is 13.0. The lowest BCUT2D eigenvalue weighted by Gasteiger charge is -2.18. The van der Waals surface area contributed by atoms with Crippen molar-refractivity contribution in [2.75, 3.05) is 13.2 Å². The Kier molecular flexibility index (Phi) is 67.6. The predicted molar refractivity (Wildman–Crippen MR) is 358 cm³/mol. The molecule has 82 heavy (non-hydrogen) atoms. The average Bonchev–Trinajstić information content (AvgIpc) is 3.47. The van der Waals surface area contributed by atoms with Crippen LogP contribution in [0.25, 0.3) is 0 Å². The van der Waals surface area contributed by atoms with E-state index < -0.39 is 6.10 Å². The maximum atomic E-state index is 13.0. The molecule has 0 rings (SSSR count). The van der Waals surface area contributed by atoms with Gasteiger partial charge in [0.05, 0.1) is 0 Å². The second kappa shape index (κ2) is 70.3. The molecule has 0 aromatic rings. The van der Waals surface area contributed by atoms with Crippen LogP contribution in [0.4, 0.5) is 0 Å². The summed E-state index contributed by atoms with van der Waals surface area (Å²) in [5.74, 6) is -0.853. The van der Waals surface area contributed by atoms with Gasteiger partial charge in [0, 0.05) is 19.3 Å². The molecule has 0 heterocycles. The Labute approximate surface area is 510 Å². The van der Waals surface area contributed by atoms with Crippen LogP contribution in [-0.2, 0) is 28.6 Å². The SMILES string of the molecule is CC/C=C\C/C=C\C/C=C\C/C=C\CCCCCCCCCCCCC(=O)OC(COC(=O)CCCCCCCCCCCCCCC/C=C\C/C=C\CCCCCCC)COC(=O)CCCCCCCCCCCCCCCCCC. The Hall–Kier alpha value is -3.15. The molecule has 6 nitrogen and oxygen atoms in total. The predicted octanol–water partition coefficient (Wildman–Crippen LogP) is 24.8. The van der Waals surface area contributed by atoms with Crippen LogP contribution in [0.3, 0.4) is 0 Å². The number of hydrogen-bond donors (Lipinski definition) is 0. The molecule has 0 saturated carbocycles. The summed E-state index contributed by atoms with van der Waals surface area (Å²) in [7, 11) is 0. The lowest BCUT2D eigenvalue weighted by molar-refractivity contribution is -0.167. The van der Waals surface area contributed by atoms with E-state index in [1.165, 1.54) is 244 Å². The summed E-state index contributed by atoms with van der Waals surface area (Å²) < 4.78 is 17.0. The molecule has 0 aliphatic carbocycles. The van der Waals surface area contributed by atoms with Gasteiger partial charge in [-0.2, -0.15) is 0 Å². The van der Waals surface area contributed by atoms with Crippen molar-refractivity contribution < 1.29 is 28.6 Å². The first kappa shape index (κ1) is 78.8. The van der Waals surface area contributed by atoms with Gasteiger partial charge in [-0.15, -0.1) is 0 Å². The molecular formula is C76H136O6. The van der Waals surface area contributed by atoms with Gasteiger partial charge < -0.3 is 14.2 Å². The molecule has 476 valence electrons. The van der Waals surface area contributed by atoms with Crippen LogP contribution in [0.5, 0.6) is 0 Å². The highest BCUT2D eigenvalue weighted by molar-refractivity contribution is 5.71. The average molecular weight is 1150 g/mol. The van der Waals surface area contributed by atoms with Gasteiger partial charge in [0.2, 0.25) is 0 Å². The van der Waals surface area contributed by atoms with Gasteiger partial charge >= 0.3 is 17.9 Å². The molecule has 6 heteroatoms. The summed E-state index contributed by atoms with van der Waals surface area (Å²) in [4.78, 5) is 38.5. The smallest absolute Gasteiger partial charge is 0.306 e. The second-order valence-electron chi connectivity index (χ2n) is 24.1. The topological polar surface area (TPSA) is 78.9 Å². The van der Waals surface area contributed by atoms with E-state index in [2.05, 4.69) is 93.7 Å². The fourth-order valence-electron chi connectivity index (χ4n) is 10.6. The summed E-state index contributed by atoms with van der Waals surface area (Å²) in [6.07, 6.45) is 92.1. The number of hydrogen-bond acceptors (Lipinski definition) is 6. The molecule has 0 spiro atoms. The summed E-state index contributed by atoms with van der Waals surface area (Å²) >= 11 is 0. The zero-order chi connectivity index (χ0) is 59.2. The van der Waals surface area contributed by atoms with E-state index in [-0.39, 0.29) is 31.1 Å². The van der Waals surface area contributed by atoms with Crippen LogP contribution in [0.15, 0.2) is 72.9 Å². The Balaban J connectivity index is 4.31. The molecule has 0 fully saturated rings. The van der Waals surface area contributed by atoms with Gasteiger partial charge in [-0.05, 0) is 89.9 Å². The van der Waals surface area contributed by atoms with E-state index >= 15 is 0 Å². The first-order valence-electron chi connectivity index (χ1n) is 35.9. The molecule has 0 aromatic carbocycles. The number of ether oxygens (including phenoxy) is 3. The summed E-state index contributed by atoms with van der Waals surface area (Å²) in [6.45, 7) is 6.58. The largest absolute Gasteiger partial charge is 0.462 e. The third-order valence-corrected chi connectivity index (χ3v) is 15.9. The second-order valence-corrected chi connectivity index (χ2v) is 24.1. The fourth-order valence-corrected chi connectivity index (χ4v) is 10.6. The van der Waals surface area contributed by atoms with E-state index in [0.717, 1.165) is 89.9 Å². The number of rotatable bonds is 66. The molecular weight excluding hydrogens is 1010 g/mol. The van der Waals surface area contributed by atoms with Crippen LogP contribution < -0.4 is 0 Å². The van der Waals surface area contributed by atoms with Crippen molar-refractivity contribution in [3.8, 4) is 0 Å². The van der Waals surface area contributed by atoms with Gasteiger partial charge in [-0.1, -0.05) is 338 Å². The Morgan fingerprint density at radius 3 is 0.744 bits per heavy atom. The van der Waals surface area contributed by atoms with Crippen molar-refractivity contribution in [1.29, 1.82) is 0 Å². The highest BCUT2D eigenvalue weighted by Gasteiger charge is 2.19. The molecule has 1 unspecified atom stereocenters. The number of allylic oxidation sites excluding steroid dienone is 12. The van der Waals surface area contributed by atoms with Gasteiger partial charge in [-0.25, -0.2) is 0 Å². The molecule has 0 bridgehead atoms. The van der Waals surface area contributed by atoms with Crippen LogP contribution in [0, 0.1) is 0 Å². The molecule has 0 aromatic heterocycles. The van der Waals surface area contributed by atoms with E-state index in [1.54, 1.807) is 0 Å². The van der Waals surface area contributed by atoms with Gasteiger partial charge in [0.1, 0.15) is 13.2 Å². The third-order valence-electron chi connectivity index (χ3n) is 15.9. The molecule has 0 aliphatic rings. The van der Waals surface area contributed by atoms with Crippen molar-refractivity contribution in [1.82, 2.24) is 0 Å². The Morgan fingerprint density at radius 1 is 0.256 bits per heavy atom. The first-order valence-corrected chi connectivity index (χ1v) is 35.9. The zero-order valence-electron chi connectivity index (χ0n) is 54.8. The Bertz CT molecular complexity index is 1500. The molecule has 1 atom stereocenters. The van der Waals surface area contributed by atoms with Crippen molar-refractivity contribution >= 4 is 17.9 Å². The van der Waals surface area contributed by atoms with Crippen molar-refractivity contribution in [2.45, 2.75) is 380 Å². The summed E-state index contributed by atoms with van der Waals surface area (Å²) in [5, 5.41) is 0. The maximum Gasteiger partial charge on any atom is 0.306 e. The van der Waals surface area contributed by atoms with Crippen LogP contribution in [0.2, 0.25) is 0 Å². The fraction of sp³-hybridized carbons (Fsp3) is 0.803. The normalized spacial score (nSPS) is 12.5. The monoisotopic (exact) mass is 1150 g/mol. The third kappa shape index (κ3) is 67.6. The highest BCUT2D eigenvalue weighted by Crippen LogP contribution is 2.18. The molecule has 0 aliphatic heterocycles. The zero-order valence-corrected chi connectivity index (χ0v) is 54.8. The highest BCUT2D eigenvalue weighted by atomic mass is 16.6. The quantitative estimate of drug-likeness (QED) is 0.0261. The Morgan fingerprint density at radius 2 is 0.476 bits per heavy atom. The number of esters is 3. The van der Waals surface area contributed by atoms with Gasteiger partial charge in [0.25, 0.3) is 0 Å². The summed E-state index contributed by atoms with van der Waals surface area (Å²) in [5.41, 5.74) is 0. The van der Waals surface area contributed by atoms with E-state index in [0.29, 0.717) is 19.3 Å². The number of carbonyl (C=O) groups excluding carboxylic acids is 3. The van der Waals surface area contributed by atoms with E-state index in [9.17, 15) is 14.4 Å². The minimum absolute atomic E-state index is 0.0726.